The third-order valence-electron chi connectivity index (χ3n) is 2.93. The molecule has 0 aromatic carbocycles. The van der Waals surface area contributed by atoms with Crippen molar-refractivity contribution in [3.63, 3.8) is 0 Å². The molecule has 1 N–H and O–H groups in total. The van der Waals surface area contributed by atoms with E-state index in [9.17, 15) is 4.79 Å². The van der Waals surface area contributed by atoms with Crippen LogP contribution in [0.3, 0.4) is 0 Å². The van der Waals surface area contributed by atoms with Gasteiger partial charge >= 0.3 is 0 Å². The summed E-state index contributed by atoms with van der Waals surface area (Å²) in [6, 6.07) is 3.69. The van der Waals surface area contributed by atoms with Gasteiger partial charge in [0.1, 0.15) is 5.76 Å². The highest BCUT2D eigenvalue weighted by Crippen LogP contribution is 2.21. The maximum Gasteiger partial charge on any atom is 0.233 e. The smallest absolute Gasteiger partial charge is 0.233 e. The number of aryl methyl sites for hydroxylation is 1. The number of hydrogen-bond acceptors (Lipinski definition) is 3. The molecule has 0 saturated heterocycles. The summed E-state index contributed by atoms with van der Waals surface area (Å²) < 4.78 is 5.46. The van der Waals surface area contributed by atoms with Crippen LogP contribution >= 0.6 is 0 Å². The van der Waals surface area contributed by atoms with E-state index in [0.29, 0.717) is 18.3 Å². The molecule has 4 heteroatoms. The van der Waals surface area contributed by atoms with Crippen molar-refractivity contribution in [3.05, 3.63) is 17.9 Å². The largest absolute Gasteiger partial charge is 0.445 e. The van der Waals surface area contributed by atoms with Gasteiger partial charge in [-0.05, 0) is 26.0 Å². The fourth-order valence-corrected chi connectivity index (χ4v) is 1.79. The molecule has 1 aromatic rings. The van der Waals surface area contributed by atoms with Crippen molar-refractivity contribution in [2.45, 2.75) is 20.8 Å². The van der Waals surface area contributed by atoms with E-state index in [1.165, 1.54) is 0 Å². The van der Waals surface area contributed by atoms with Crippen molar-refractivity contribution in [1.82, 2.24) is 5.32 Å². The maximum atomic E-state index is 12.3. The minimum Gasteiger partial charge on any atom is -0.445 e. The molecule has 0 bridgehead atoms. The van der Waals surface area contributed by atoms with Crippen molar-refractivity contribution < 1.29 is 9.21 Å². The number of carbonyl (C=O) groups is 1. The molecule has 1 atom stereocenters. The average molecular weight is 238 g/mol. The maximum absolute atomic E-state index is 12.3. The molecule has 1 amide bonds. The first-order valence-electron chi connectivity index (χ1n) is 5.96. The number of furan rings is 1. The predicted molar refractivity (Wildman–Crippen MR) is 69.1 cm³/mol. The van der Waals surface area contributed by atoms with Gasteiger partial charge in [0.2, 0.25) is 11.8 Å². The second kappa shape index (κ2) is 5.87. The van der Waals surface area contributed by atoms with Crippen molar-refractivity contribution in [2.24, 2.45) is 11.8 Å². The van der Waals surface area contributed by atoms with Crippen LogP contribution in [0.1, 0.15) is 19.6 Å². The van der Waals surface area contributed by atoms with E-state index in [1.807, 2.05) is 26.1 Å². The Balaban J connectivity index is 2.80. The van der Waals surface area contributed by atoms with Gasteiger partial charge in [-0.25, -0.2) is 0 Å². The minimum atomic E-state index is -0.0320. The van der Waals surface area contributed by atoms with Crippen molar-refractivity contribution >= 4 is 11.8 Å². The molecule has 0 fully saturated rings. The Morgan fingerprint density at radius 2 is 2.12 bits per heavy atom. The predicted octanol–water partition coefficient (Wildman–Crippen LogP) is 2.04. The van der Waals surface area contributed by atoms with Crippen LogP contribution in [0, 0.1) is 18.8 Å². The number of amides is 1. The summed E-state index contributed by atoms with van der Waals surface area (Å²) in [5.74, 6) is 1.77. The Morgan fingerprint density at radius 3 is 2.53 bits per heavy atom. The van der Waals surface area contributed by atoms with Crippen LogP contribution in [0.5, 0.6) is 0 Å². The van der Waals surface area contributed by atoms with Gasteiger partial charge in [0.05, 0.1) is 5.92 Å². The first kappa shape index (κ1) is 13.8. The van der Waals surface area contributed by atoms with Gasteiger partial charge in [-0.3, -0.25) is 9.69 Å². The zero-order valence-electron chi connectivity index (χ0n) is 11.3. The van der Waals surface area contributed by atoms with Crippen LogP contribution in [-0.4, -0.2) is 26.5 Å². The van der Waals surface area contributed by atoms with Gasteiger partial charge in [-0.15, -0.1) is 0 Å². The van der Waals surface area contributed by atoms with E-state index in [4.69, 9.17) is 4.42 Å². The zero-order chi connectivity index (χ0) is 13.0. The Labute approximate surface area is 103 Å². The van der Waals surface area contributed by atoms with Crippen molar-refractivity contribution in [1.29, 1.82) is 0 Å². The second-order valence-electron chi connectivity index (χ2n) is 4.69. The first-order valence-corrected chi connectivity index (χ1v) is 5.96. The molecule has 1 rings (SSSR count). The zero-order valence-corrected chi connectivity index (χ0v) is 11.3. The van der Waals surface area contributed by atoms with Gasteiger partial charge in [0.25, 0.3) is 0 Å². The van der Waals surface area contributed by atoms with Gasteiger partial charge in [0, 0.05) is 19.7 Å². The minimum absolute atomic E-state index is 0.0320. The summed E-state index contributed by atoms with van der Waals surface area (Å²) in [4.78, 5) is 13.9. The van der Waals surface area contributed by atoms with Gasteiger partial charge < -0.3 is 9.73 Å². The summed E-state index contributed by atoms with van der Waals surface area (Å²) in [6.07, 6.45) is 0. The Kier molecular flexibility index (Phi) is 4.75. The molecule has 0 spiro atoms. The molecular weight excluding hydrogens is 216 g/mol. The Morgan fingerprint density at radius 1 is 1.47 bits per heavy atom. The molecule has 4 nitrogen and oxygen atoms in total. The number of anilines is 1. The SMILES string of the molecule is CNCC(C(=O)N(C)c1ccc(C)o1)C(C)C. The van der Waals surface area contributed by atoms with E-state index in [2.05, 4.69) is 19.2 Å². The number of rotatable bonds is 5. The standard InChI is InChI=1S/C13H22N2O2/c1-9(2)11(8-14-4)13(16)15(5)12-7-6-10(3)17-12/h6-7,9,11,14H,8H2,1-5H3. The number of hydrogen-bond donors (Lipinski definition) is 1. The molecule has 1 aromatic heterocycles. The van der Waals surface area contributed by atoms with Crippen LogP contribution in [0.2, 0.25) is 0 Å². The summed E-state index contributed by atoms with van der Waals surface area (Å²) in [6.45, 7) is 6.66. The topological polar surface area (TPSA) is 45.5 Å². The van der Waals surface area contributed by atoms with Gasteiger partial charge in [-0.1, -0.05) is 13.8 Å². The average Bonchev–Trinajstić information content (AvgIpc) is 2.70. The highest BCUT2D eigenvalue weighted by Gasteiger charge is 2.26. The third kappa shape index (κ3) is 3.33. The molecule has 17 heavy (non-hydrogen) atoms. The lowest BCUT2D eigenvalue weighted by atomic mass is 9.94. The number of carbonyl (C=O) groups excluding carboxylic acids is 1. The van der Waals surface area contributed by atoms with Crippen molar-refractivity contribution in [3.8, 4) is 0 Å². The Hall–Kier alpha value is -1.29. The van der Waals surface area contributed by atoms with E-state index >= 15 is 0 Å². The monoisotopic (exact) mass is 238 g/mol. The van der Waals surface area contributed by atoms with E-state index in [0.717, 1.165) is 5.76 Å². The van der Waals surface area contributed by atoms with E-state index in [-0.39, 0.29) is 11.8 Å². The summed E-state index contributed by atoms with van der Waals surface area (Å²) >= 11 is 0. The molecule has 1 heterocycles. The normalized spacial score (nSPS) is 12.8. The summed E-state index contributed by atoms with van der Waals surface area (Å²) in [7, 11) is 3.62. The Bertz CT molecular complexity index is 371. The molecule has 0 aliphatic carbocycles. The van der Waals surface area contributed by atoms with Gasteiger partial charge in [-0.2, -0.15) is 0 Å². The number of nitrogens with zero attached hydrogens (tertiary/aromatic N) is 1. The molecule has 0 saturated carbocycles. The number of nitrogens with one attached hydrogen (secondary N) is 1. The quantitative estimate of drug-likeness (QED) is 0.854. The molecular formula is C13H22N2O2. The highest BCUT2D eigenvalue weighted by molar-refractivity contribution is 5.93. The molecule has 0 radical (unpaired) electrons. The fraction of sp³-hybridized carbons (Fsp3) is 0.615. The lowest BCUT2D eigenvalue weighted by Crippen LogP contribution is -2.40. The highest BCUT2D eigenvalue weighted by atomic mass is 16.4. The van der Waals surface area contributed by atoms with Crippen molar-refractivity contribution in [2.75, 3.05) is 25.5 Å². The van der Waals surface area contributed by atoms with Gasteiger partial charge in [0.15, 0.2) is 0 Å². The van der Waals surface area contributed by atoms with E-state index in [1.54, 1.807) is 11.9 Å². The summed E-state index contributed by atoms with van der Waals surface area (Å²) in [5.41, 5.74) is 0. The van der Waals surface area contributed by atoms with E-state index < -0.39 is 0 Å². The van der Waals surface area contributed by atoms with Crippen LogP contribution in [-0.2, 0) is 4.79 Å². The molecule has 96 valence electrons. The van der Waals surface area contributed by atoms with Crippen LogP contribution < -0.4 is 10.2 Å². The second-order valence-corrected chi connectivity index (χ2v) is 4.69. The lowest BCUT2D eigenvalue weighted by molar-refractivity contribution is -0.123. The van der Waals surface area contributed by atoms with Crippen LogP contribution in [0.4, 0.5) is 5.88 Å². The first-order chi connectivity index (χ1) is 7.97. The van der Waals surface area contributed by atoms with Crippen LogP contribution in [0.15, 0.2) is 16.5 Å². The summed E-state index contributed by atoms with van der Waals surface area (Å²) in [5, 5.41) is 3.06. The lowest BCUT2D eigenvalue weighted by Gasteiger charge is -2.24. The molecule has 0 aliphatic heterocycles. The molecule has 1 unspecified atom stereocenters. The van der Waals surface area contributed by atoms with Crippen LogP contribution in [0.25, 0.3) is 0 Å². The fourth-order valence-electron chi connectivity index (χ4n) is 1.79. The third-order valence-corrected chi connectivity index (χ3v) is 2.93. The molecule has 0 aliphatic rings.